The Morgan fingerprint density at radius 3 is 2.69 bits per heavy atom. The zero-order valence-electron chi connectivity index (χ0n) is 17.9. The molecular formula is C22H15ClN4O6S2. The average Bonchev–Trinajstić information content (AvgIpc) is 3.46. The summed E-state index contributed by atoms with van der Waals surface area (Å²) >= 11 is 8.58. The van der Waals surface area contributed by atoms with Gasteiger partial charge in [0.1, 0.15) is 16.8 Å². The zero-order valence-corrected chi connectivity index (χ0v) is 20.3. The summed E-state index contributed by atoms with van der Waals surface area (Å²) in [4.78, 5) is 34.0. The van der Waals surface area contributed by atoms with Crippen LogP contribution in [0.5, 0.6) is 0 Å². The molecule has 178 valence electrons. The summed E-state index contributed by atoms with van der Waals surface area (Å²) in [6, 6.07) is 7.08. The van der Waals surface area contributed by atoms with Crippen molar-refractivity contribution in [2.24, 2.45) is 0 Å². The molecule has 2 N–H and O–H groups in total. The maximum Gasteiger partial charge on any atom is 0.412 e. The van der Waals surface area contributed by atoms with E-state index in [2.05, 4.69) is 32.3 Å². The lowest BCUT2D eigenvalue weighted by molar-refractivity contribution is -0.163. The molecule has 1 unspecified atom stereocenters. The predicted molar refractivity (Wildman–Crippen MR) is 128 cm³/mol. The molecule has 10 nitrogen and oxygen atoms in total. The number of anilines is 1. The van der Waals surface area contributed by atoms with Gasteiger partial charge in [0.05, 0.1) is 19.4 Å². The van der Waals surface area contributed by atoms with Gasteiger partial charge in [0.15, 0.2) is 20.1 Å². The van der Waals surface area contributed by atoms with Crippen LogP contribution in [0.25, 0.3) is 9.66 Å². The first-order valence-electron chi connectivity index (χ1n) is 10.1. The molecule has 1 saturated heterocycles. The molecule has 0 spiro atoms. The van der Waals surface area contributed by atoms with E-state index in [1.807, 2.05) is 0 Å². The number of nitrogens with one attached hydrogen (secondary N) is 1. The fourth-order valence-corrected chi connectivity index (χ4v) is 5.58. The molecule has 1 atom stereocenters. The highest BCUT2D eigenvalue weighted by molar-refractivity contribution is 7.26. The Hall–Kier alpha value is -3.50. The molecule has 3 aromatic heterocycles. The highest BCUT2D eigenvalue weighted by Crippen LogP contribution is 2.38. The van der Waals surface area contributed by atoms with Crippen molar-refractivity contribution < 1.29 is 28.7 Å². The van der Waals surface area contributed by atoms with Crippen molar-refractivity contribution in [1.29, 1.82) is 0 Å². The van der Waals surface area contributed by atoms with E-state index in [4.69, 9.17) is 25.6 Å². The smallest absolute Gasteiger partial charge is 0.412 e. The number of halogens is 1. The molecule has 1 aliphatic heterocycles. The summed E-state index contributed by atoms with van der Waals surface area (Å²) in [6.45, 7) is 1.90. The summed E-state index contributed by atoms with van der Waals surface area (Å²) < 4.78 is 15.6. The Morgan fingerprint density at radius 1 is 1.23 bits per heavy atom. The topological polar surface area (TPSA) is 137 Å². The number of amides is 1. The van der Waals surface area contributed by atoms with E-state index in [0.717, 1.165) is 0 Å². The van der Waals surface area contributed by atoms with Crippen LogP contribution in [0, 0.1) is 11.8 Å². The molecule has 1 aliphatic rings. The van der Waals surface area contributed by atoms with Crippen LogP contribution in [-0.4, -0.2) is 45.5 Å². The van der Waals surface area contributed by atoms with Crippen LogP contribution in [-0.2, 0) is 19.7 Å². The number of rotatable bonds is 5. The number of ether oxygens (including phenoxy) is 2. The SMILES string of the molecule is CC(OC(=O)Nc1cnoc1C#Cc1nc2sc(C3(C(=O)O)COC3)nc2s1)c1ccccc1Cl. The van der Waals surface area contributed by atoms with E-state index < -0.39 is 23.6 Å². The molecule has 0 aliphatic carbocycles. The van der Waals surface area contributed by atoms with Crippen LogP contribution in [0.1, 0.15) is 34.4 Å². The van der Waals surface area contributed by atoms with Gasteiger partial charge in [-0.3, -0.25) is 10.1 Å². The van der Waals surface area contributed by atoms with Crippen LogP contribution in [0.15, 0.2) is 35.0 Å². The van der Waals surface area contributed by atoms with Crippen molar-refractivity contribution in [3.8, 4) is 11.8 Å². The Bertz CT molecular complexity index is 1460. The molecule has 0 saturated carbocycles. The van der Waals surface area contributed by atoms with E-state index in [0.29, 0.717) is 30.3 Å². The molecule has 0 radical (unpaired) electrons. The molecule has 13 heteroatoms. The number of fused-ring (bicyclic) bond motifs is 1. The Kier molecular flexibility index (Phi) is 6.16. The van der Waals surface area contributed by atoms with E-state index in [1.165, 1.54) is 28.9 Å². The number of hydrogen-bond acceptors (Lipinski definition) is 10. The van der Waals surface area contributed by atoms with Gasteiger partial charge in [0.2, 0.25) is 5.76 Å². The normalized spacial score (nSPS) is 15.0. The predicted octanol–water partition coefficient (Wildman–Crippen LogP) is 4.46. The summed E-state index contributed by atoms with van der Waals surface area (Å²) in [6.07, 6.45) is 0.0131. The first-order valence-corrected chi connectivity index (χ1v) is 12.1. The molecule has 4 heterocycles. The quantitative estimate of drug-likeness (QED) is 0.358. The minimum atomic E-state index is -1.10. The number of thiazole rings is 2. The number of carboxylic acids is 1. The van der Waals surface area contributed by atoms with Crippen LogP contribution >= 0.6 is 34.3 Å². The lowest BCUT2D eigenvalue weighted by atomic mass is 9.87. The third-order valence-corrected chi connectivity index (χ3v) is 7.70. The Morgan fingerprint density at radius 2 is 2.00 bits per heavy atom. The third kappa shape index (κ3) is 4.46. The first kappa shape index (κ1) is 23.3. The van der Waals surface area contributed by atoms with E-state index in [-0.39, 0.29) is 24.7 Å². The lowest BCUT2D eigenvalue weighted by Crippen LogP contribution is -2.52. The first-order chi connectivity index (χ1) is 16.9. The summed E-state index contributed by atoms with van der Waals surface area (Å²) in [5, 5.41) is 17.2. The summed E-state index contributed by atoms with van der Waals surface area (Å²) in [5.41, 5.74) is -0.190. The average molecular weight is 531 g/mol. The van der Waals surface area contributed by atoms with Crippen molar-refractivity contribution in [2.45, 2.75) is 18.4 Å². The Labute approximate surface area is 210 Å². The molecule has 1 fully saturated rings. The standard InChI is InChI=1S/C22H15ClN4O6S2/c1-11(12-4-2-3-5-13(12)23)32-21(30)25-14-8-24-33-15(14)6-7-16-26-17-18(34-16)27-19(35-17)22(20(28)29)9-31-10-22/h2-5,8,11H,9-10H2,1H3,(H,25,30)(H,28,29). The molecule has 1 aromatic carbocycles. The van der Waals surface area contributed by atoms with Crippen LogP contribution in [0.4, 0.5) is 10.5 Å². The molecule has 5 rings (SSSR count). The number of aliphatic carboxylic acids is 1. The number of hydrogen-bond donors (Lipinski definition) is 2. The number of carbonyl (C=O) groups is 2. The van der Waals surface area contributed by atoms with Gasteiger partial charge in [-0.25, -0.2) is 14.8 Å². The highest BCUT2D eigenvalue weighted by Gasteiger charge is 2.50. The minimum Gasteiger partial charge on any atom is -0.480 e. The molecular weight excluding hydrogens is 516 g/mol. The second-order valence-corrected chi connectivity index (χ2v) is 9.90. The van der Waals surface area contributed by atoms with Gasteiger partial charge in [0.25, 0.3) is 0 Å². The Balaban J connectivity index is 1.28. The molecule has 0 bridgehead atoms. The molecule has 1 amide bonds. The van der Waals surface area contributed by atoms with Crippen LogP contribution in [0.3, 0.4) is 0 Å². The van der Waals surface area contributed by atoms with Gasteiger partial charge in [-0.15, -0.1) is 0 Å². The fraction of sp³-hybridized carbons (Fsp3) is 0.227. The van der Waals surface area contributed by atoms with Crippen molar-refractivity contribution in [3.05, 3.63) is 56.8 Å². The summed E-state index contributed by atoms with van der Waals surface area (Å²) in [7, 11) is 0. The minimum absolute atomic E-state index is 0.0939. The van der Waals surface area contributed by atoms with Gasteiger partial charge >= 0.3 is 12.1 Å². The monoisotopic (exact) mass is 530 g/mol. The van der Waals surface area contributed by atoms with Crippen LogP contribution in [0.2, 0.25) is 5.02 Å². The maximum absolute atomic E-state index is 12.3. The number of carbonyl (C=O) groups excluding carboxylic acids is 1. The lowest BCUT2D eigenvalue weighted by Gasteiger charge is -2.35. The van der Waals surface area contributed by atoms with Gasteiger partial charge in [-0.1, -0.05) is 57.6 Å². The van der Waals surface area contributed by atoms with Crippen molar-refractivity contribution in [2.75, 3.05) is 18.5 Å². The number of aromatic nitrogens is 3. The van der Waals surface area contributed by atoms with E-state index in [1.54, 1.807) is 31.2 Å². The van der Waals surface area contributed by atoms with E-state index >= 15 is 0 Å². The molecule has 35 heavy (non-hydrogen) atoms. The number of benzene rings is 1. The van der Waals surface area contributed by atoms with Crippen molar-refractivity contribution >= 4 is 61.7 Å². The largest absolute Gasteiger partial charge is 0.480 e. The fourth-order valence-electron chi connectivity index (χ4n) is 3.24. The highest BCUT2D eigenvalue weighted by atomic mass is 35.5. The van der Waals surface area contributed by atoms with Crippen molar-refractivity contribution in [3.63, 3.8) is 0 Å². The zero-order chi connectivity index (χ0) is 24.6. The second kappa shape index (κ2) is 9.27. The van der Waals surface area contributed by atoms with Gasteiger partial charge < -0.3 is 19.1 Å². The van der Waals surface area contributed by atoms with E-state index in [9.17, 15) is 14.7 Å². The van der Waals surface area contributed by atoms with Crippen molar-refractivity contribution in [1.82, 2.24) is 15.1 Å². The number of nitrogens with zero attached hydrogens (tertiary/aromatic N) is 3. The molecule has 4 aromatic rings. The van der Waals surface area contributed by atoms with Crippen LogP contribution < -0.4 is 5.32 Å². The third-order valence-electron chi connectivity index (χ3n) is 5.21. The number of carboxylic acid groups (broad SMARTS) is 1. The van der Waals surface area contributed by atoms with Gasteiger partial charge in [-0.05, 0) is 24.8 Å². The summed E-state index contributed by atoms with van der Waals surface area (Å²) in [5.74, 6) is 4.80. The maximum atomic E-state index is 12.3. The van der Waals surface area contributed by atoms with Gasteiger partial charge in [0, 0.05) is 10.6 Å². The van der Waals surface area contributed by atoms with Gasteiger partial charge in [-0.2, -0.15) is 0 Å². The second-order valence-electron chi connectivity index (χ2n) is 7.54.